The second kappa shape index (κ2) is 8.89. The quantitative estimate of drug-likeness (QED) is 0.733. The number of nitrogens with zero attached hydrogens (tertiary/aromatic N) is 1. The van der Waals surface area contributed by atoms with Crippen molar-refractivity contribution in [1.29, 1.82) is 0 Å². The van der Waals surface area contributed by atoms with Crippen LogP contribution >= 0.6 is 0 Å². The minimum Gasteiger partial charge on any atom is -0.395 e. The van der Waals surface area contributed by atoms with Gasteiger partial charge in [0, 0.05) is 18.6 Å². The summed E-state index contributed by atoms with van der Waals surface area (Å²) < 4.78 is 0. The summed E-state index contributed by atoms with van der Waals surface area (Å²) in [5, 5.41) is 12.9. The molecule has 1 aliphatic heterocycles. The topological polar surface area (TPSA) is 35.5 Å². The predicted octanol–water partition coefficient (Wildman–Crippen LogP) is 2.25. The van der Waals surface area contributed by atoms with Crippen LogP contribution in [-0.2, 0) is 0 Å². The molecule has 1 saturated heterocycles. The van der Waals surface area contributed by atoms with Gasteiger partial charge in [-0.15, -0.1) is 0 Å². The van der Waals surface area contributed by atoms with Crippen LogP contribution in [0.5, 0.6) is 0 Å². The first-order chi connectivity index (χ1) is 8.65. The fraction of sp³-hybridized carbons (Fsp3) is 1.00. The van der Waals surface area contributed by atoms with E-state index >= 15 is 0 Å². The summed E-state index contributed by atoms with van der Waals surface area (Å²) in [7, 11) is 0. The van der Waals surface area contributed by atoms with Crippen molar-refractivity contribution in [3.63, 3.8) is 0 Å². The van der Waals surface area contributed by atoms with Gasteiger partial charge in [-0.2, -0.15) is 0 Å². The van der Waals surface area contributed by atoms with Gasteiger partial charge in [-0.25, -0.2) is 0 Å². The van der Waals surface area contributed by atoms with Crippen LogP contribution in [0.4, 0.5) is 0 Å². The fourth-order valence-electron chi connectivity index (χ4n) is 3.05. The smallest absolute Gasteiger partial charge is 0.0597 e. The fourth-order valence-corrected chi connectivity index (χ4v) is 3.05. The van der Waals surface area contributed by atoms with Gasteiger partial charge in [0.15, 0.2) is 0 Å². The van der Waals surface area contributed by atoms with E-state index in [4.69, 9.17) is 0 Å². The molecule has 108 valence electrons. The van der Waals surface area contributed by atoms with Gasteiger partial charge in [-0.3, -0.25) is 0 Å². The Morgan fingerprint density at radius 3 is 2.67 bits per heavy atom. The molecule has 2 N–H and O–H groups in total. The summed E-state index contributed by atoms with van der Waals surface area (Å²) in [6.45, 7) is 10.2. The highest BCUT2D eigenvalue weighted by molar-refractivity contribution is 4.76. The van der Waals surface area contributed by atoms with Crippen LogP contribution in [0, 0.1) is 5.92 Å². The molecule has 18 heavy (non-hydrogen) atoms. The molecule has 1 aliphatic rings. The average Bonchev–Trinajstić information content (AvgIpc) is 2.54. The second-order valence-corrected chi connectivity index (χ2v) is 6.09. The maximum absolute atomic E-state index is 9.42. The van der Waals surface area contributed by atoms with Crippen molar-refractivity contribution in [2.75, 3.05) is 26.2 Å². The van der Waals surface area contributed by atoms with Crippen molar-refractivity contribution in [2.24, 2.45) is 5.92 Å². The van der Waals surface area contributed by atoms with Crippen molar-refractivity contribution in [2.45, 2.75) is 65.0 Å². The first-order valence-electron chi connectivity index (χ1n) is 7.75. The SMILES string of the molecule is CCCC1CCCN(CC(CO)NC(C)C)CC1. The Balaban J connectivity index is 2.33. The van der Waals surface area contributed by atoms with E-state index in [2.05, 4.69) is 31.0 Å². The first kappa shape index (κ1) is 15.9. The van der Waals surface area contributed by atoms with Crippen LogP contribution in [-0.4, -0.2) is 48.3 Å². The maximum Gasteiger partial charge on any atom is 0.0597 e. The van der Waals surface area contributed by atoms with Crippen LogP contribution in [0.1, 0.15) is 52.9 Å². The van der Waals surface area contributed by atoms with E-state index < -0.39 is 0 Å². The lowest BCUT2D eigenvalue weighted by atomic mass is 9.96. The van der Waals surface area contributed by atoms with Crippen LogP contribution in [0.2, 0.25) is 0 Å². The summed E-state index contributed by atoms with van der Waals surface area (Å²) in [5.74, 6) is 0.936. The predicted molar refractivity (Wildman–Crippen MR) is 77.8 cm³/mol. The minimum absolute atomic E-state index is 0.229. The molecule has 3 nitrogen and oxygen atoms in total. The van der Waals surface area contributed by atoms with E-state index in [1.54, 1.807) is 0 Å². The van der Waals surface area contributed by atoms with Gasteiger partial charge in [-0.05, 0) is 38.3 Å². The first-order valence-corrected chi connectivity index (χ1v) is 7.75. The third kappa shape index (κ3) is 6.17. The number of hydrogen-bond donors (Lipinski definition) is 2. The lowest BCUT2D eigenvalue weighted by Crippen LogP contribution is -2.46. The molecule has 0 amide bonds. The molecule has 0 bridgehead atoms. The highest BCUT2D eigenvalue weighted by atomic mass is 16.3. The Labute approximate surface area is 113 Å². The molecule has 0 spiro atoms. The van der Waals surface area contributed by atoms with Gasteiger partial charge >= 0.3 is 0 Å². The molecule has 3 heteroatoms. The molecule has 1 heterocycles. The largest absolute Gasteiger partial charge is 0.395 e. The lowest BCUT2D eigenvalue weighted by Gasteiger charge is -2.27. The van der Waals surface area contributed by atoms with Crippen LogP contribution in [0.25, 0.3) is 0 Å². The number of rotatable bonds is 7. The zero-order valence-electron chi connectivity index (χ0n) is 12.5. The van der Waals surface area contributed by atoms with Crippen molar-refractivity contribution in [3.05, 3.63) is 0 Å². The molecule has 0 radical (unpaired) electrons. The highest BCUT2D eigenvalue weighted by Crippen LogP contribution is 2.21. The summed E-state index contributed by atoms with van der Waals surface area (Å²) in [6, 6.07) is 0.676. The summed E-state index contributed by atoms with van der Waals surface area (Å²) in [6.07, 6.45) is 6.77. The van der Waals surface area contributed by atoms with Gasteiger partial charge in [0.2, 0.25) is 0 Å². The van der Waals surface area contributed by atoms with Gasteiger partial charge in [0.1, 0.15) is 0 Å². The zero-order valence-corrected chi connectivity index (χ0v) is 12.5. The molecule has 2 unspecified atom stereocenters. The molecule has 1 rings (SSSR count). The monoisotopic (exact) mass is 256 g/mol. The molecule has 0 saturated carbocycles. The number of aliphatic hydroxyl groups excluding tert-OH is 1. The molecule has 0 aliphatic carbocycles. The third-order valence-corrected chi connectivity index (χ3v) is 3.91. The average molecular weight is 256 g/mol. The van der Waals surface area contributed by atoms with Crippen molar-refractivity contribution in [3.8, 4) is 0 Å². The Morgan fingerprint density at radius 1 is 1.28 bits per heavy atom. The zero-order chi connectivity index (χ0) is 13.4. The summed E-state index contributed by atoms with van der Waals surface area (Å²) in [4.78, 5) is 2.53. The van der Waals surface area contributed by atoms with Gasteiger partial charge in [-0.1, -0.05) is 33.6 Å². The van der Waals surface area contributed by atoms with Crippen LogP contribution in [0.3, 0.4) is 0 Å². The van der Waals surface area contributed by atoms with Crippen LogP contribution < -0.4 is 5.32 Å². The number of hydrogen-bond acceptors (Lipinski definition) is 3. The Hall–Kier alpha value is -0.120. The molecule has 0 aromatic heterocycles. The number of likely N-dealkylation sites (tertiary alicyclic amines) is 1. The van der Waals surface area contributed by atoms with Gasteiger partial charge < -0.3 is 15.3 Å². The van der Waals surface area contributed by atoms with Gasteiger partial charge in [0.05, 0.1) is 6.61 Å². The number of nitrogens with one attached hydrogen (secondary N) is 1. The Morgan fingerprint density at radius 2 is 2.06 bits per heavy atom. The standard InChI is InChI=1S/C15H32N2O/c1-4-6-14-7-5-9-17(10-8-14)11-15(12-18)16-13(2)3/h13-16,18H,4-12H2,1-3H3. The second-order valence-electron chi connectivity index (χ2n) is 6.09. The molecule has 0 aromatic rings. The normalized spacial score (nSPS) is 24.2. The minimum atomic E-state index is 0.229. The molecular weight excluding hydrogens is 224 g/mol. The molecular formula is C15H32N2O. The summed E-state index contributed by atoms with van der Waals surface area (Å²) in [5.41, 5.74) is 0. The summed E-state index contributed by atoms with van der Waals surface area (Å²) >= 11 is 0. The maximum atomic E-state index is 9.42. The van der Waals surface area contributed by atoms with E-state index in [0.717, 1.165) is 12.5 Å². The van der Waals surface area contributed by atoms with Crippen molar-refractivity contribution in [1.82, 2.24) is 10.2 Å². The van der Waals surface area contributed by atoms with E-state index in [1.807, 2.05) is 0 Å². The lowest BCUT2D eigenvalue weighted by molar-refractivity contribution is 0.177. The van der Waals surface area contributed by atoms with E-state index in [9.17, 15) is 5.11 Å². The van der Waals surface area contributed by atoms with Crippen molar-refractivity contribution >= 4 is 0 Å². The van der Waals surface area contributed by atoms with Gasteiger partial charge in [0.25, 0.3) is 0 Å². The molecule has 0 aromatic carbocycles. The molecule has 2 atom stereocenters. The van der Waals surface area contributed by atoms with E-state index in [0.29, 0.717) is 6.04 Å². The Kier molecular flexibility index (Phi) is 7.87. The third-order valence-electron chi connectivity index (χ3n) is 3.91. The van der Waals surface area contributed by atoms with E-state index in [1.165, 1.54) is 45.2 Å². The Bertz CT molecular complexity index is 209. The number of aliphatic hydroxyl groups is 1. The highest BCUT2D eigenvalue weighted by Gasteiger charge is 2.19. The van der Waals surface area contributed by atoms with Crippen molar-refractivity contribution < 1.29 is 5.11 Å². The van der Waals surface area contributed by atoms with E-state index in [-0.39, 0.29) is 12.6 Å². The molecule has 1 fully saturated rings. The van der Waals surface area contributed by atoms with Crippen LogP contribution in [0.15, 0.2) is 0 Å².